The molecule has 3 aromatic carbocycles. The third kappa shape index (κ3) is 3.82. The summed E-state index contributed by atoms with van der Waals surface area (Å²) in [5.74, 6) is -2.27. The van der Waals surface area contributed by atoms with Gasteiger partial charge in [-0.2, -0.15) is 0 Å². The van der Waals surface area contributed by atoms with E-state index < -0.39 is 23.5 Å². The monoisotopic (exact) mass is 486 g/mol. The number of anilines is 1. The number of benzene rings is 3. The van der Waals surface area contributed by atoms with E-state index in [0.29, 0.717) is 16.3 Å². The number of amides is 1. The molecule has 5 nitrogen and oxygen atoms in total. The van der Waals surface area contributed by atoms with E-state index in [4.69, 9.17) is 4.98 Å². The lowest BCUT2D eigenvalue weighted by Crippen LogP contribution is -2.29. The van der Waals surface area contributed by atoms with Crippen molar-refractivity contribution >= 4 is 44.1 Å². The predicted molar refractivity (Wildman–Crippen MR) is 136 cm³/mol. The number of rotatable bonds is 3. The fourth-order valence-electron chi connectivity index (χ4n) is 4.59. The Morgan fingerprint density at radius 1 is 0.943 bits per heavy atom. The molecule has 1 fully saturated rings. The Bertz CT molecular complexity index is 1550. The maximum Gasteiger partial charge on any atom is 0.301 e. The number of aliphatic hydroxyl groups is 1. The van der Waals surface area contributed by atoms with Gasteiger partial charge in [-0.25, -0.2) is 9.37 Å². The molecule has 7 heteroatoms. The second-order valence-electron chi connectivity index (χ2n) is 8.96. The molecule has 1 atom stereocenters. The number of hydrogen-bond donors (Lipinski definition) is 1. The number of aliphatic hydroxyl groups excluding tert-OH is 1. The van der Waals surface area contributed by atoms with Crippen LogP contribution in [-0.2, 0) is 9.59 Å². The number of fused-ring (bicyclic) bond motifs is 1. The van der Waals surface area contributed by atoms with E-state index in [1.54, 1.807) is 6.07 Å². The maximum atomic E-state index is 13.8. The van der Waals surface area contributed by atoms with Gasteiger partial charge in [-0.1, -0.05) is 47.2 Å². The van der Waals surface area contributed by atoms with Crippen LogP contribution in [0.2, 0.25) is 0 Å². The van der Waals surface area contributed by atoms with Crippen LogP contribution in [0, 0.1) is 33.5 Å². The first kappa shape index (κ1) is 22.9. The van der Waals surface area contributed by atoms with E-state index in [9.17, 15) is 19.1 Å². The highest BCUT2D eigenvalue weighted by atomic mass is 32.1. The van der Waals surface area contributed by atoms with Crippen molar-refractivity contribution in [3.63, 3.8) is 0 Å². The molecular weight excluding hydrogens is 463 g/mol. The smallest absolute Gasteiger partial charge is 0.301 e. The van der Waals surface area contributed by atoms with E-state index in [1.807, 2.05) is 52.0 Å². The molecule has 0 bridgehead atoms. The molecule has 1 aliphatic rings. The Labute approximate surface area is 206 Å². The van der Waals surface area contributed by atoms with Crippen LogP contribution in [0.4, 0.5) is 9.52 Å². The van der Waals surface area contributed by atoms with Crippen molar-refractivity contribution in [2.75, 3.05) is 4.90 Å². The van der Waals surface area contributed by atoms with Crippen molar-refractivity contribution in [1.82, 2.24) is 4.98 Å². The molecule has 0 saturated carbocycles. The minimum atomic E-state index is -0.947. The zero-order valence-corrected chi connectivity index (χ0v) is 20.5. The molecule has 0 spiro atoms. The van der Waals surface area contributed by atoms with Crippen LogP contribution in [0.25, 0.3) is 16.0 Å². The third-order valence-electron chi connectivity index (χ3n) is 6.30. The summed E-state index contributed by atoms with van der Waals surface area (Å²) >= 11 is 1.31. The van der Waals surface area contributed by atoms with Crippen molar-refractivity contribution in [3.8, 4) is 0 Å². The second kappa shape index (κ2) is 8.43. The molecule has 35 heavy (non-hydrogen) atoms. The Morgan fingerprint density at radius 2 is 1.66 bits per heavy atom. The quantitative estimate of drug-likeness (QED) is 0.210. The highest BCUT2D eigenvalue weighted by Gasteiger charge is 2.48. The van der Waals surface area contributed by atoms with Crippen LogP contribution >= 0.6 is 11.3 Å². The fraction of sp³-hybridized carbons (Fsp3) is 0.179. The molecule has 1 unspecified atom stereocenters. The average Bonchev–Trinajstić information content (AvgIpc) is 3.34. The number of aryl methyl sites for hydroxylation is 4. The van der Waals surface area contributed by atoms with Gasteiger partial charge in [0.1, 0.15) is 11.6 Å². The van der Waals surface area contributed by atoms with Crippen molar-refractivity contribution < 1.29 is 19.1 Å². The maximum absolute atomic E-state index is 13.8. The number of carbonyl (C=O) groups is 2. The summed E-state index contributed by atoms with van der Waals surface area (Å²) in [7, 11) is 0. The van der Waals surface area contributed by atoms with Gasteiger partial charge in [0.25, 0.3) is 5.78 Å². The first-order valence-corrected chi connectivity index (χ1v) is 12.0. The Hall–Kier alpha value is -3.84. The lowest BCUT2D eigenvalue weighted by atomic mass is 9.93. The molecule has 176 valence electrons. The second-order valence-corrected chi connectivity index (χ2v) is 9.97. The van der Waals surface area contributed by atoms with Gasteiger partial charge < -0.3 is 5.11 Å². The highest BCUT2D eigenvalue weighted by molar-refractivity contribution is 7.22. The van der Waals surface area contributed by atoms with Gasteiger partial charge in [0.15, 0.2) is 5.13 Å². The van der Waals surface area contributed by atoms with Crippen LogP contribution < -0.4 is 4.90 Å². The largest absolute Gasteiger partial charge is 0.507 e. The molecule has 1 saturated heterocycles. The number of halogens is 1. The van der Waals surface area contributed by atoms with Crippen LogP contribution in [0.15, 0.2) is 60.2 Å². The minimum Gasteiger partial charge on any atom is -0.507 e. The van der Waals surface area contributed by atoms with Crippen LogP contribution in [0.5, 0.6) is 0 Å². The van der Waals surface area contributed by atoms with Crippen molar-refractivity contribution in [1.29, 1.82) is 0 Å². The standard InChI is InChI=1S/C28H23FN2O3S/c1-14-5-6-16(3)20(12-14)25(32)22-24(18-7-9-19(29)10-8-18)31(27(34)26(22)33)28-30-23-17(4)11-15(2)13-21(23)35-28/h5-13,24,32H,1-4H3. The van der Waals surface area contributed by atoms with Gasteiger partial charge in [-0.05, 0) is 74.2 Å². The van der Waals surface area contributed by atoms with Gasteiger partial charge in [-0.3, -0.25) is 14.5 Å². The Kier molecular flexibility index (Phi) is 5.52. The fourth-order valence-corrected chi connectivity index (χ4v) is 5.76. The van der Waals surface area contributed by atoms with E-state index in [-0.39, 0.29) is 11.3 Å². The lowest BCUT2D eigenvalue weighted by Gasteiger charge is -2.23. The zero-order valence-electron chi connectivity index (χ0n) is 19.7. The summed E-state index contributed by atoms with van der Waals surface area (Å²) in [4.78, 5) is 32.8. The van der Waals surface area contributed by atoms with E-state index >= 15 is 0 Å². The molecule has 1 amide bonds. The third-order valence-corrected chi connectivity index (χ3v) is 7.30. The molecule has 1 aliphatic heterocycles. The van der Waals surface area contributed by atoms with Gasteiger partial charge >= 0.3 is 5.91 Å². The van der Waals surface area contributed by atoms with E-state index in [1.165, 1.54) is 40.5 Å². The van der Waals surface area contributed by atoms with Crippen molar-refractivity contribution in [2.45, 2.75) is 33.7 Å². The lowest BCUT2D eigenvalue weighted by molar-refractivity contribution is -0.132. The molecule has 2 heterocycles. The summed E-state index contributed by atoms with van der Waals surface area (Å²) < 4.78 is 14.7. The number of nitrogens with zero attached hydrogens (tertiary/aromatic N) is 2. The predicted octanol–water partition coefficient (Wildman–Crippen LogP) is 6.30. The molecule has 4 aromatic rings. The Morgan fingerprint density at radius 3 is 2.37 bits per heavy atom. The van der Waals surface area contributed by atoms with Crippen LogP contribution in [0.1, 0.15) is 39.4 Å². The van der Waals surface area contributed by atoms with Gasteiger partial charge in [0, 0.05) is 5.56 Å². The highest BCUT2D eigenvalue weighted by Crippen LogP contribution is 2.45. The van der Waals surface area contributed by atoms with E-state index in [0.717, 1.165) is 32.5 Å². The summed E-state index contributed by atoms with van der Waals surface area (Å²) in [5, 5.41) is 11.7. The van der Waals surface area contributed by atoms with Gasteiger partial charge in [0.2, 0.25) is 0 Å². The van der Waals surface area contributed by atoms with Crippen molar-refractivity contribution in [3.05, 3.63) is 99.4 Å². The van der Waals surface area contributed by atoms with Gasteiger partial charge in [-0.15, -0.1) is 0 Å². The first-order chi connectivity index (χ1) is 16.7. The Balaban J connectivity index is 1.77. The van der Waals surface area contributed by atoms with Crippen molar-refractivity contribution in [2.24, 2.45) is 0 Å². The average molecular weight is 487 g/mol. The van der Waals surface area contributed by atoms with E-state index in [2.05, 4.69) is 0 Å². The number of carbonyl (C=O) groups excluding carboxylic acids is 2. The minimum absolute atomic E-state index is 0.0394. The summed E-state index contributed by atoms with van der Waals surface area (Å²) in [6.07, 6.45) is 0. The number of hydrogen-bond acceptors (Lipinski definition) is 5. The number of Topliss-reactive ketones (excluding diaryl/α,β-unsaturated/α-hetero) is 1. The van der Waals surface area contributed by atoms with Crippen LogP contribution in [0.3, 0.4) is 0 Å². The topological polar surface area (TPSA) is 70.5 Å². The van der Waals surface area contributed by atoms with Crippen LogP contribution in [-0.4, -0.2) is 21.8 Å². The number of thiazole rings is 1. The number of ketones is 1. The summed E-state index contributed by atoms with van der Waals surface area (Å²) in [6, 6.07) is 14.2. The normalized spacial score (nSPS) is 17.5. The molecule has 1 N–H and O–H groups in total. The number of aromatic nitrogens is 1. The SMILES string of the molecule is Cc1ccc(C)c(C(O)=C2C(=O)C(=O)N(c3nc4c(C)cc(C)cc4s3)C2c2ccc(F)cc2)c1. The molecule has 0 aliphatic carbocycles. The zero-order chi connectivity index (χ0) is 25.0. The molecule has 1 aromatic heterocycles. The molecule has 5 rings (SSSR count). The van der Waals surface area contributed by atoms with Gasteiger partial charge in [0.05, 0.1) is 21.8 Å². The summed E-state index contributed by atoms with van der Waals surface area (Å²) in [5.41, 5.74) is 5.40. The first-order valence-electron chi connectivity index (χ1n) is 11.2. The summed E-state index contributed by atoms with van der Waals surface area (Å²) in [6.45, 7) is 7.65. The molecular formula is C28H23FN2O3S. The molecule has 0 radical (unpaired) electrons.